The predicted octanol–water partition coefficient (Wildman–Crippen LogP) is 5.66. The van der Waals surface area contributed by atoms with E-state index < -0.39 is 0 Å². The highest BCUT2D eigenvalue weighted by Gasteiger charge is 2.28. The molecule has 0 spiro atoms. The van der Waals surface area contributed by atoms with Crippen molar-refractivity contribution < 1.29 is 4.79 Å². The van der Waals surface area contributed by atoms with Gasteiger partial charge in [-0.15, -0.1) is 0 Å². The Morgan fingerprint density at radius 3 is 2.28 bits per heavy atom. The molecule has 0 saturated heterocycles. The first-order valence-corrected chi connectivity index (χ1v) is 14.7. The molecule has 0 radical (unpaired) electrons. The summed E-state index contributed by atoms with van der Waals surface area (Å²) in [6.45, 7) is 10.2. The average molecular weight is 532 g/mol. The van der Waals surface area contributed by atoms with E-state index in [2.05, 4.69) is 100 Å². The Hall–Kier alpha value is -2.70. The summed E-state index contributed by atoms with van der Waals surface area (Å²) in [6, 6.07) is 14.2. The first-order valence-electron chi connectivity index (χ1n) is 14.7. The van der Waals surface area contributed by atoms with Crippen molar-refractivity contribution in [2.24, 2.45) is 22.6 Å². The van der Waals surface area contributed by atoms with E-state index >= 15 is 0 Å². The Balaban J connectivity index is 1.65. The van der Waals surface area contributed by atoms with Crippen molar-refractivity contribution in [2.45, 2.75) is 84.5 Å². The molecule has 6 heteroatoms. The van der Waals surface area contributed by atoms with Crippen LogP contribution in [0.5, 0.6) is 0 Å². The zero-order valence-corrected chi connectivity index (χ0v) is 25.1. The number of rotatable bonds is 8. The maximum absolute atomic E-state index is 13.7. The number of nitrogens with one attached hydrogen (secondary N) is 1. The quantitative estimate of drug-likeness (QED) is 0.461. The van der Waals surface area contributed by atoms with Crippen LogP contribution in [0.25, 0.3) is 11.1 Å². The van der Waals surface area contributed by atoms with Gasteiger partial charge in [-0.2, -0.15) is 0 Å². The Kier molecular flexibility index (Phi) is 9.50. The van der Waals surface area contributed by atoms with Crippen molar-refractivity contribution in [1.82, 2.24) is 10.2 Å². The van der Waals surface area contributed by atoms with E-state index in [1.54, 1.807) is 0 Å². The third-order valence-electron chi connectivity index (χ3n) is 8.92. The minimum absolute atomic E-state index is 0.00230. The Morgan fingerprint density at radius 1 is 1.00 bits per heavy atom. The number of hydrogen-bond donors (Lipinski definition) is 2. The molecule has 3 N–H and O–H groups in total. The molecular weight excluding hydrogens is 482 g/mol. The fraction of sp³-hybridized carbons (Fsp3) is 0.576. The average Bonchev–Trinajstić information content (AvgIpc) is 2.88. The fourth-order valence-electron chi connectivity index (χ4n) is 6.58. The highest BCUT2D eigenvalue weighted by Crippen LogP contribution is 2.34. The van der Waals surface area contributed by atoms with Gasteiger partial charge in [0.25, 0.3) is 5.91 Å². The number of aliphatic imine (C=N–C) groups is 1. The van der Waals surface area contributed by atoms with Crippen LogP contribution < -0.4 is 16.0 Å². The van der Waals surface area contributed by atoms with Gasteiger partial charge in [0.05, 0.1) is 0 Å². The molecule has 4 rings (SSSR count). The minimum atomic E-state index is -0.00230. The number of carbonyl (C=O) groups excluding carboxylic acids is 1. The largest absolute Gasteiger partial charge is 0.371 e. The highest BCUT2D eigenvalue weighted by molar-refractivity contribution is 5.99. The number of nitrogens with zero attached hydrogens (tertiary/aromatic N) is 3. The zero-order valence-electron chi connectivity index (χ0n) is 25.1. The molecule has 2 aromatic carbocycles. The molecule has 1 fully saturated rings. The molecule has 212 valence electrons. The molecule has 3 atom stereocenters. The summed E-state index contributed by atoms with van der Waals surface area (Å²) in [5.41, 5.74) is 13.8. The van der Waals surface area contributed by atoms with Gasteiger partial charge in [-0.3, -0.25) is 9.79 Å². The molecule has 1 heterocycles. The van der Waals surface area contributed by atoms with Crippen molar-refractivity contribution in [3.63, 3.8) is 0 Å². The highest BCUT2D eigenvalue weighted by atomic mass is 16.1. The molecule has 2 aromatic rings. The summed E-state index contributed by atoms with van der Waals surface area (Å²) < 4.78 is 0. The molecule has 3 unspecified atom stereocenters. The lowest BCUT2D eigenvalue weighted by atomic mass is 9.82. The third kappa shape index (κ3) is 7.09. The van der Waals surface area contributed by atoms with Crippen LogP contribution in [0.4, 0.5) is 5.69 Å². The molecule has 6 nitrogen and oxygen atoms in total. The van der Waals surface area contributed by atoms with Gasteiger partial charge < -0.3 is 20.9 Å². The Bertz CT molecular complexity index is 1160. The van der Waals surface area contributed by atoms with Crippen LogP contribution in [0.15, 0.2) is 41.4 Å². The fourth-order valence-corrected chi connectivity index (χ4v) is 6.58. The van der Waals surface area contributed by atoms with Crippen LogP contribution in [0.3, 0.4) is 0 Å². The first kappa shape index (κ1) is 29.3. The van der Waals surface area contributed by atoms with Gasteiger partial charge in [0.1, 0.15) is 0 Å². The number of carbonyl (C=O) groups is 1. The molecule has 1 aliphatic carbocycles. The van der Waals surface area contributed by atoms with Gasteiger partial charge in [-0.25, -0.2) is 0 Å². The summed E-state index contributed by atoms with van der Waals surface area (Å²) in [4.78, 5) is 23.1. The Morgan fingerprint density at radius 2 is 1.67 bits per heavy atom. The molecular formula is C33H49N5O. The number of nitrogens with two attached hydrogens (primary N) is 1. The lowest BCUT2D eigenvalue weighted by Gasteiger charge is -2.36. The molecule has 1 saturated carbocycles. The summed E-state index contributed by atoms with van der Waals surface area (Å²) in [5, 5.41) is 3.29. The third-order valence-corrected chi connectivity index (χ3v) is 8.92. The van der Waals surface area contributed by atoms with Crippen molar-refractivity contribution in [1.29, 1.82) is 0 Å². The molecule has 0 bridgehead atoms. The first-order chi connectivity index (χ1) is 18.5. The van der Waals surface area contributed by atoms with Crippen LogP contribution in [0, 0.1) is 18.8 Å². The van der Waals surface area contributed by atoms with Crippen molar-refractivity contribution in [3.05, 3.63) is 53.1 Å². The van der Waals surface area contributed by atoms with Gasteiger partial charge in [0, 0.05) is 61.1 Å². The van der Waals surface area contributed by atoms with Crippen LogP contribution in [0.2, 0.25) is 0 Å². The second-order valence-corrected chi connectivity index (χ2v) is 12.4. The van der Waals surface area contributed by atoms with E-state index in [9.17, 15) is 4.79 Å². The monoisotopic (exact) mass is 531 g/mol. The van der Waals surface area contributed by atoms with Gasteiger partial charge in [-0.05, 0) is 107 Å². The van der Waals surface area contributed by atoms with Crippen molar-refractivity contribution in [2.75, 3.05) is 32.6 Å². The number of hydrogen-bond acceptors (Lipinski definition) is 5. The summed E-state index contributed by atoms with van der Waals surface area (Å²) in [6.07, 6.45) is 5.33. The SMILES string of the molecule is CC1=NC(C)CC(C)C1CNC(=O)c1cc(-c2ccc(CN(C)C)cc2)cc(N(C)C2CCC(N)CC2)c1C. The predicted molar refractivity (Wildman–Crippen MR) is 165 cm³/mol. The van der Waals surface area contributed by atoms with Crippen LogP contribution in [-0.2, 0) is 6.54 Å². The van der Waals surface area contributed by atoms with E-state index in [-0.39, 0.29) is 11.8 Å². The number of benzene rings is 2. The maximum atomic E-state index is 13.7. The van der Waals surface area contributed by atoms with E-state index in [0.29, 0.717) is 30.6 Å². The molecule has 2 aliphatic rings. The summed E-state index contributed by atoms with van der Waals surface area (Å²) in [7, 11) is 6.35. The second-order valence-electron chi connectivity index (χ2n) is 12.4. The van der Waals surface area contributed by atoms with Crippen LogP contribution >= 0.6 is 0 Å². The minimum Gasteiger partial charge on any atom is -0.371 e. The van der Waals surface area contributed by atoms with Gasteiger partial charge in [-0.1, -0.05) is 31.2 Å². The van der Waals surface area contributed by atoms with E-state index in [0.717, 1.165) is 72.3 Å². The van der Waals surface area contributed by atoms with Crippen molar-refractivity contribution in [3.8, 4) is 11.1 Å². The molecule has 1 aliphatic heterocycles. The van der Waals surface area contributed by atoms with Crippen LogP contribution in [0.1, 0.15) is 74.4 Å². The lowest BCUT2D eigenvalue weighted by Crippen LogP contribution is -2.40. The van der Waals surface area contributed by atoms with Crippen LogP contribution in [-0.4, -0.2) is 62.3 Å². The summed E-state index contributed by atoms with van der Waals surface area (Å²) in [5.74, 6) is 0.786. The lowest BCUT2D eigenvalue weighted by molar-refractivity contribution is 0.0946. The normalized spacial score (nSPS) is 25.4. The van der Waals surface area contributed by atoms with E-state index in [4.69, 9.17) is 10.7 Å². The topological polar surface area (TPSA) is 74.0 Å². The number of anilines is 1. The zero-order chi connectivity index (χ0) is 28.3. The second kappa shape index (κ2) is 12.6. The summed E-state index contributed by atoms with van der Waals surface area (Å²) >= 11 is 0. The standard InChI is InChI=1S/C33H49N5O/c1-21-16-22(2)36-24(4)31(21)19-35-33(39)30-17-27(26-10-8-25(9-11-26)20-37(5)6)18-32(23(30)3)38(7)29-14-12-28(34)13-15-29/h8-11,17-18,21-22,28-29,31H,12-16,19-20,34H2,1-7H3,(H,35,39). The van der Waals surface area contributed by atoms with E-state index in [1.807, 2.05) is 0 Å². The smallest absolute Gasteiger partial charge is 0.251 e. The van der Waals surface area contributed by atoms with Gasteiger partial charge >= 0.3 is 0 Å². The molecule has 39 heavy (non-hydrogen) atoms. The van der Waals surface area contributed by atoms with Gasteiger partial charge in [0.15, 0.2) is 0 Å². The molecule has 1 amide bonds. The Labute approximate surface area is 236 Å². The van der Waals surface area contributed by atoms with Crippen molar-refractivity contribution >= 4 is 17.3 Å². The molecule has 0 aromatic heterocycles. The van der Waals surface area contributed by atoms with E-state index in [1.165, 1.54) is 5.56 Å². The van der Waals surface area contributed by atoms with Gasteiger partial charge in [0.2, 0.25) is 0 Å². The maximum Gasteiger partial charge on any atom is 0.251 e. The number of amides is 1.